The number of anilines is 1. The first-order valence-electron chi connectivity index (χ1n) is 7.59. The molecule has 1 aliphatic rings. The molecule has 0 bridgehead atoms. The van der Waals surface area contributed by atoms with Crippen LogP contribution < -0.4 is 5.32 Å². The molecule has 1 aromatic heterocycles. The highest BCUT2D eigenvalue weighted by atomic mass is 35.5. The number of rotatable bonds is 3. The fourth-order valence-electron chi connectivity index (χ4n) is 2.99. The van der Waals surface area contributed by atoms with Crippen molar-refractivity contribution in [1.29, 1.82) is 0 Å². The molecular formula is C16H14ClF3N4OS. The Morgan fingerprint density at radius 1 is 1.31 bits per heavy atom. The third-order valence-corrected chi connectivity index (χ3v) is 5.41. The fourth-order valence-corrected chi connectivity index (χ4v) is 3.57. The van der Waals surface area contributed by atoms with E-state index in [0.717, 1.165) is 12.1 Å². The second kappa shape index (κ2) is 6.88. The van der Waals surface area contributed by atoms with Gasteiger partial charge >= 0.3 is 0 Å². The molecule has 1 saturated heterocycles. The second-order valence-corrected chi connectivity index (χ2v) is 6.81. The van der Waals surface area contributed by atoms with Crippen LogP contribution in [0.2, 0.25) is 5.15 Å². The Labute approximate surface area is 157 Å². The molecule has 3 rings (SSSR count). The van der Waals surface area contributed by atoms with Crippen molar-refractivity contribution in [2.45, 2.75) is 5.92 Å². The van der Waals surface area contributed by atoms with Gasteiger partial charge in [0.05, 0.1) is 22.8 Å². The largest absolute Gasteiger partial charge is 0.368 e. The van der Waals surface area contributed by atoms with Crippen LogP contribution in [0.1, 0.15) is 11.5 Å². The van der Waals surface area contributed by atoms with E-state index in [1.165, 1.54) is 4.68 Å². The highest BCUT2D eigenvalue weighted by Crippen LogP contribution is 2.38. The number of nitrogens with zero attached hydrogens (tertiary/aromatic N) is 3. The van der Waals surface area contributed by atoms with Gasteiger partial charge in [-0.1, -0.05) is 23.8 Å². The summed E-state index contributed by atoms with van der Waals surface area (Å²) in [4.78, 5) is 14.8. The average molecular weight is 403 g/mol. The van der Waals surface area contributed by atoms with Gasteiger partial charge in [-0.3, -0.25) is 9.48 Å². The molecule has 5 nitrogen and oxygen atoms in total. The van der Waals surface area contributed by atoms with Crippen LogP contribution in [0.5, 0.6) is 0 Å². The van der Waals surface area contributed by atoms with Crippen LogP contribution in [-0.2, 0) is 11.8 Å². The van der Waals surface area contributed by atoms with Gasteiger partial charge in [-0.15, -0.1) is 0 Å². The number of hydrogen-bond donors (Lipinski definition) is 1. The van der Waals surface area contributed by atoms with E-state index in [0.29, 0.717) is 22.2 Å². The molecule has 0 radical (unpaired) electrons. The number of hydrogen-bond acceptors (Lipinski definition) is 3. The third-order valence-electron chi connectivity index (χ3n) is 4.38. The van der Waals surface area contributed by atoms with Crippen molar-refractivity contribution in [3.63, 3.8) is 0 Å². The summed E-state index contributed by atoms with van der Waals surface area (Å²) >= 11 is 11.6. The van der Waals surface area contributed by atoms with Gasteiger partial charge in [0.1, 0.15) is 5.15 Å². The number of likely N-dealkylation sites (tertiary alicyclic amines) is 1. The molecule has 0 aliphatic carbocycles. The SMILES string of the molecule is CN1C[C@H](c2cnn(C)c2Cl)[C@@H](C(=O)Nc2ccc(F)c(F)c2F)C1=S. The Balaban J connectivity index is 1.92. The standard InChI is InChI=1S/C16H14ClF3N4OS/c1-23-6-8(7-5-21-24(2)14(7)17)11(16(23)26)15(25)22-10-4-3-9(18)12(19)13(10)20/h3-5,8,11H,6H2,1-2H3,(H,22,25)/t8-,11+/m1/s1. The third kappa shape index (κ3) is 3.05. The van der Waals surface area contributed by atoms with Crippen molar-refractivity contribution in [3.05, 3.63) is 46.5 Å². The van der Waals surface area contributed by atoms with Crippen molar-refractivity contribution in [3.8, 4) is 0 Å². The number of nitrogens with one attached hydrogen (secondary N) is 1. The van der Waals surface area contributed by atoms with Gasteiger partial charge < -0.3 is 10.2 Å². The summed E-state index contributed by atoms with van der Waals surface area (Å²) in [5.41, 5.74) is 0.175. The number of benzene rings is 1. The van der Waals surface area contributed by atoms with E-state index in [9.17, 15) is 18.0 Å². The quantitative estimate of drug-likeness (QED) is 0.633. The van der Waals surface area contributed by atoms with E-state index in [1.54, 1.807) is 25.2 Å². The highest BCUT2D eigenvalue weighted by molar-refractivity contribution is 7.80. The van der Waals surface area contributed by atoms with Gasteiger partial charge in [0.15, 0.2) is 17.5 Å². The van der Waals surface area contributed by atoms with Crippen LogP contribution in [0.15, 0.2) is 18.3 Å². The Hall–Kier alpha value is -2.13. The fraction of sp³-hybridized carbons (Fsp3) is 0.312. The summed E-state index contributed by atoms with van der Waals surface area (Å²) in [6.07, 6.45) is 1.55. The Bertz CT molecular complexity index is 904. The summed E-state index contributed by atoms with van der Waals surface area (Å²) < 4.78 is 41.8. The lowest BCUT2D eigenvalue weighted by atomic mass is 9.90. The smallest absolute Gasteiger partial charge is 0.235 e. The van der Waals surface area contributed by atoms with Gasteiger partial charge in [0, 0.05) is 32.1 Å². The van der Waals surface area contributed by atoms with Gasteiger partial charge in [-0.25, -0.2) is 13.2 Å². The number of carbonyl (C=O) groups excluding carboxylic acids is 1. The van der Waals surface area contributed by atoms with Crippen molar-refractivity contribution in [1.82, 2.24) is 14.7 Å². The lowest BCUT2D eigenvalue weighted by molar-refractivity contribution is -0.118. The highest BCUT2D eigenvalue weighted by Gasteiger charge is 2.43. The average Bonchev–Trinajstić information content (AvgIpc) is 3.08. The molecule has 1 aromatic carbocycles. The van der Waals surface area contributed by atoms with Crippen LogP contribution in [0.3, 0.4) is 0 Å². The van der Waals surface area contributed by atoms with Crippen molar-refractivity contribution in [2.75, 3.05) is 18.9 Å². The van der Waals surface area contributed by atoms with E-state index < -0.39 is 40.9 Å². The predicted octanol–water partition coefficient (Wildman–Crippen LogP) is 3.10. The first-order valence-corrected chi connectivity index (χ1v) is 8.37. The maximum Gasteiger partial charge on any atom is 0.235 e. The Morgan fingerprint density at radius 2 is 2.00 bits per heavy atom. The molecule has 10 heteroatoms. The molecule has 26 heavy (non-hydrogen) atoms. The maximum atomic E-state index is 13.9. The first-order chi connectivity index (χ1) is 12.2. The van der Waals surface area contributed by atoms with E-state index in [4.69, 9.17) is 23.8 Å². The molecule has 1 amide bonds. The van der Waals surface area contributed by atoms with Gasteiger partial charge in [-0.2, -0.15) is 5.10 Å². The summed E-state index contributed by atoms with van der Waals surface area (Å²) in [6, 6.07) is 1.70. The minimum Gasteiger partial charge on any atom is -0.368 e. The normalized spacial score (nSPS) is 19.9. The van der Waals surface area contributed by atoms with Gasteiger partial charge in [0.25, 0.3) is 0 Å². The van der Waals surface area contributed by atoms with Crippen LogP contribution in [0.4, 0.5) is 18.9 Å². The summed E-state index contributed by atoms with van der Waals surface area (Å²) in [7, 11) is 3.39. The van der Waals surface area contributed by atoms with Crippen molar-refractivity contribution < 1.29 is 18.0 Å². The molecular weight excluding hydrogens is 389 g/mol. The predicted molar refractivity (Wildman–Crippen MR) is 94.6 cm³/mol. The van der Waals surface area contributed by atoms with Crippen LogP contribution >= 0.6 is 23.8 Å². The van der Waals surface area contributed by atoms with Crippen LogP contribution in [0, 0.1) is 23.4 Å². The molecule has 2 heterocycles. The molecule has 2 atom stereocenters. The number of amides is 1. The molecule has 0 spiro atoms. The monoisotopic (exact) mass is 402 g/mol. The number of likely N-dealkylation sites (N-methyl/N-ethyl adjacent to an activating group) is 1. The number of thiocarbonyl (C=S) groups is 1. The zero-order chi connectivity index (χ0) is 19.2. The summed E-state index contributed by atoms with van der Waals surface area (Å²) in [6.45, 7) is 0.419. The molecule has 1 N–H and O–H groups in total. The zero-order valence-corrected chi connectivity index (χ0v) is 15.3. The lowest BCUT2D eigenvalue weighted by Crippen LogP contribution is -2.32. The first kappa shape index (κ1) is 18.7. The molecule has 1 aliphatic heterocycles. The molecule has 2 aromatic rings. The Kier molecular flexibility index (Phi) is 4.94. The van der Waals surface area contributed by atoms with Crippen molar-refractivity contribution >= 4 is 40.4 Å². The molecule has 1 fully saturated rings. The Morgan fingerprint density at radius 3 is 2.62 bits per heavy atom. The molecule has 0 unspecified atom stereocenters. The van der Waals surface area contributed by atoms with E-state index in [-0.39, 0.29) is 0 Å². The molecule has 138 valence electrons. The summed E-state index contributed by atoms with van der Waals surface area (Å²) in [5.74, 6) is -6.32. The van der Waals surface area contributed by atoms with E-state index >= 15 is 0 Å². The lowest BCUT2D eigenvalue weighted by Gasteiger charge is -2.18. The van der Waals surface area contributed by atoms with Crippen molar-refractivity contribution in [2.24, 2.45) is 13.0 Å². The van der Waals surface area contributed by atoms with Crippen LogP contribution in [-0.4, -0.2) is 39.2 Å². The summed E-state index contributed by atoms with van der Waals surface area (Å²) in [5, 5.41) is 6.72. The number of halogens is 4. The van der Waals surface area contributed by atoms with E-state index in [1.807, 2.05) is 0 Å². The minimum absolute atomic E-state index is 0.343. The number of carbonyl (C=O) groups is 1. The minimum atomic E-state index is -1.65. The molecule has 0 saturated carbocycles. The van der Waals surface area contributed by atoms with Gasteiger partial charge in [0.2, 0.25) is 5.91 Å². The number of aryl methyl sites for hydroxylation is 1. The van der Waals surface area contributed by atoms with Crippen LogP contribution in [0.25, 0.3) is 0 Å². The topological polar surface area (TPSA) is 50.2 Å². The number of aromatic nitrogens is 2. The zero-order valence-electron chi connectivity index (χ0n) is 13.8. The van der Waals surface area contributed by atoms with E-state index in [2.05, 4.69) is 10.4 Å². The maximum absolute atomic E-state index is 13.9. The van der Waals surface area contributed by atoms with Gasteiger partial charge in [-0.05, 0) is 12.1 Å². The second-order valence-electron chi connectivity index (χ2n) is 6.03.